The molecule has 0 saturated heterocycles. The summed E-state index contributed by atoms with van der Waals surface area (Å²) >= 11 is 0. The molecule has 0 aliphatic heterocycles. The van der Waals surface area contributed by atoms with Gasteiger partial charge in [0.1, 0.15) is 5.60 Å². The Kier molecular flexibility index (Phi) is 5.76. The molecule has 0 radical (unpaired) electrons. The van der Waals surface area contributed by atoms with Crippen LogP contribution < -0.4 is 11.1 Å². The Bertz CT molecular complexity index is 308. The van der Waals surface area contributed by atoms with E-state index in [1.54, 1.807) is 34.6 Å². The molecule has 18 heavy (non-hydrogen) atoms. The average Bonchev–Trinajstić information content (AvgIpc) is 2.13. The zero-order chi connectivity index (χ0) is 14.6. The summed E-state index contributed by atoms with van der Waals surface area (Å²) in [5.41, 5.74) is 3.77. The number of carbonyl (C=O) groups excluding carboxylic acids is 2. The van der Waals surface area contributed by atoms with Gasteiger partial charge in [-0.2, -0.15) is 0 Å². The first-order valence-corrected chi connectivity index (χ1v) is 5.97. The molecule has 0 aromatic heterocycles. The van der Waals surface area contributed by atoms with Gasteiger partial charge in [0.15, 0.2) is 11.9 Å². The summed E-state index contributed by atoms with van der Waals surface area (Å²) in [5.74, 6) is -0.968. The topological polar surface area (TPSA) is 90.6 Å². The molecule has 6 nitrogen and oxygen atoms in total. The molecule has 0 aromatic carbocycles. The van der Waals surface area contributed by atoms with Crippen LogP contribution >= 0.6 is 0 Å². The molecule has 3 N–H and O–H groups in total. The van der Waals surface area contributed by atoms with Crippen LogP contribution in [0, 0.1) is 0 Å². The van der Waals surface area contributed by atoms with Gasteiger partial charge < -0.3 is 15.2 Å². The third-order valence-corrected chi connectivity index (χ3v) is 1.92. The normalized spacial score (nSPS) is 16.6. The van der Waals surface area contributed by atoms with Crippen molar-refractivity contribution in [3.05, 3.63) is 0 Å². The summed E-state index contributed by atoms with van der Waals surface area (Å²) in [5, 5.41) is 2.70. The van der Waals surface area contributed by atoms with Gasteiger partial charge in [-0.05, 0) is 34.6 Å². The van der Waals surface area contributed by atoms with E-state index in [1.807, 2.05) is 0 Å². The van der Waals surface area contributed by atoms with Crippen molar-refractivity contribution in [2.24, 2.45) is 5.73 Å². The van der Waals surface area contributed by atoms with E-state index in [0.29, 0.717) is 0 Å². The first-order valence-electron chi connectivity index (χ1n) is 5.97. The van der Waals surface area contributed by atoms with E-state index >= 15 is 0 Å². The van der Waals surface area contributed by atoms with Gasteiger partial charge in [0, 0.05) is 6.42 Å². The van der Waals surface area contributed by atoms with Crippen LogP contribution in [0.4, 0.5) is 0 Å². The molecular weight excluding hydrogens is 236 g/mol. The zero-order valence-electron chi connectivity index (χ0n) is 12.0. The Morgan fingerprint density at radius 1 is 1.28 bits per heavy atom. The molecule has 6 heteroatoms. The van der Waals surface area contributed by atoms with Gasteiger partial charge in [0.05, 0.1) is 0 Å². The third-order valence-electron chi connectivity index (χ3n) is 1.92. The Labute approximate surface area is 108 Å². The molecule has 106 valence electrons. The van der Waals surface area contributed by atoms with Crippen LogP contribution in [0.2, 0.25) is 0 Å². The van der Waals surface area contributed by atoms with E-state index in [-0.39, 0.29) is 12.4 Å². The highest BCUT2D eigenvalue weighted by Gasteiger charge is 2.34. The fourth-order valence-electron chi connectivity index (χ4n) is 1.18. The number of nitrogens with one attached hydrogen (secondary N) is 1. The van der Waals surface area contributed by atoms with E-state index in [0.717, 1.165) is 0 Å². The van der Waals surface area contributed by atoms with Gasteiger partial charge >= 0.3 is 11.9 Å². The molecule has 2 unspecified atom stereocenters. The summed E-state index contributed by atoms with van der Waals surface area (Å²) in [7, 11) is 0. The van der Waals surface area contributed by atoms with E-state index in [4.69, 9.17) is 15.2 Å². The number of ether oxygens (including phenoxy) is 2. The fraction of sp³-hybridized carbons (Fsp3) is 0.833. The number of rotatable bonds is 5. The highest BCUT2D eigenvalue weighted by molar-refractivity contribution is 5.80. The number of hydrogen-bond acceptors (Lipinski definition) is 6. The number of esters is 2. The van der Waals surface area contributed by atoms with E-state index in [2.05, 4.69) is 5.32 Å². The van der Waals surface area contributed by atoms with Gasteiger partial charge in [0.25, 0.3) is 0 Å². The van der Waals surface area contributed by atoms with Crippen LogP contribution in [0.1, 0.15) is 48.0 Å². The molecule has 0 saturated carbocycles. The number of nitrogens with two attached hydrogens (primary N) is 1. The standard InChI is InChI=1S/C12H24N2O4/c1-7-9(15)17-8(2)14-12(6,13)10(16)18-11(3,4)5/h8,14H,7,13H2,1-6H3. The van der Waals surface area contributed by atoms with Crippen molar-refractivity contribution in [1.29, 1.82) is 0 Å². The smallest absolute Gasteiger partial charge is 0.341 e. The van der Waals surface area contributed by atoms with Gasteiger partial charge in [0.2, 0.25) is 0 Å². The lowest BCUT2D eigenvalue weighted by Gasteiger charge is -2.31. The van der Waals surface area contributed by atoms with Crippen molar-refractivity contribution >= 4 is 11.9 Å². The third kappa shape index (κ3) is 6.56. The van der Waals surface area contributed by atoms with Crippen molar-refractivity contribution in [2.75, 3.05) is 0 Å². The molecule has 0 heterocycles. The maximum Gasteiger partial charge on any atom is 0.341 e. The maximum atomic E-state index is 11.8. The SMILES string of the molecule is CCC(=O)OC(C)NC(C)(N)C(=O)OC(C)(C)C. The Balaban J connectivity index is 4.46. The second kappa shape index (κ2) is 6.15. The van der Waals surface area contributed by atoms with E-state index in [9.17, 15) is 9.59 Å². The van der Waals surface area contributed by atoms with Gasteiger partial charge in [-0.25, -0.2) is 4.79 Å². The van der Waals surface area contributed by atoms with Gasteiger partial charge in [-0.15, -0.1) is 0 Å². The van der Waals surface area contributed by atoms with Crippen LogP contribution in [0.25, 0.3) is 0 Å². The van der Waals surface area contributed by atoms with Crippen molar-refractivity contribution in [3.63, 3.8) is 0 Å². The molecular formula is C12H24N2O4. The Hall–Kier alpha value is -1.14. The molecule has 0 amide bonds. The minimum absolute atomic E-state index is 0.264. The minimum atomic E-state index is -1.42. The van der Waals surface area contributed by atoms with E-state index in [1.165, 1.54) is 6.92 Å². The molecule has 0 bridgehead atoms. The van der Waals surface area contributed by atoms with Crippen LogP contribution in [-0.4, -0.2) is 29.4 Å². The molecule has 0 fully saturated rings. The van der Waals surface area contributed by atoms with Crippen molar-refractivity contribution in [2.45, 2.75) is 65.5 Å². The fourth-order valence-corrected chi connectivity index (χ4v) is 1.18. The van der Waals surface area contributed by atoms with Crippen LogP contribution in [-0.2, 0) is 19.1 Å². The minimum Gasteiger partial charge on any atom is -0.458 e. The first kappa shape index (κ1) is 16.9. The molecule has 0 spiro atoms. The van der Waals surface area contributed by atoms with Crippen molar-refractivity contribution < 1.29 is 19.1 Å². The molecule has 0 aromatic rings. The van der Waals surface area contributed by atoms with Crippen LogP contribution in [0.5, 0.6) is 0 Å². The maximum absolute atomic E-state index is 11.8. The van der Waals surface area contributed by atoms with Crippen LogP contribution in [0.15, 0.2) is 0 Å². The summed E-state index contributed by atoms with van der Waals surface area (Å²) in [4.78, 5) is 22.9. The van der Waals surface area contributed by atoms with E-state index < -0.39 is 23.5 Å². The molecule has 0 aliphatic carbocycles. The predicted octanol–water partition coefficient (Wildman–Crippen LogP) is 0.892. The average molecular weight is 260 g/mol. The highest BCUT2D eigenvalue weighted by atomic mass is 16.6. The van der Waals surface area contributed by atoms with Crippen molar-refractivity contribution in [1.82, 2.24) is 5.32 Å². The monoisotopic (exact) mass is 260 g/mol. The molecule has 0 rings (SSSR count). The Morgan fingerprint density at radius 3 is 2.17 bits per heavy atom. The second-order valence-corrected chi connectivity index (χ2v) is 5.33. The zero-order valence-corrected chi connectivity index (χ0v) is 12.0. The summed E-state index contributed by atoms with van der Waals surface area (Å²) in [6.45, 7) is 10.0. The van der Waals surface area contributed by atoms with Crippen LogP contribution in [0.3, 0.4) is 0 Å². The number of carbonyl (C=O) groups is 2. The summed E-state index contributed by atoms with van der Waals surface area (Å²) in [6.07, 6.45) is -0.403. The number of hydrogen-bond donors (Lipinski definition) is 2. The lowest BCUT2D eigenvalue weighted by molar-refractivity contribution is -0.167. The quantitative estimate of drug-likeness (QED) is 0.563. The molecule has 2 atom stereocenters. The molecule has 0 aliphatic rings. The second-order valence-electron chi connectivity index (χ2n) is 5.33. The largest absolute Gasteiger partial charge is 0.458 e. The highest BCUT2D eigenvalue weighted by Crippen LogP contribution is 2.11. The van der Waals surface area contributed by atoms with Gasteiger partial charge in [-0.1, -0.05) is 6.92 Å². The first-order chi connectivity index (χ1) is 7.98. The Morgan fingerprint density at radius 2 is 1.78 bits per heavy atom. The lowest BCUT2D eigenvalue weighted by Crippen LogP contribution is -2.62. The predicted molar refractivity (Wildman–Crippen MR) is 67.4 cm³/mol. The summed E-state index contributed by atoms with van der Waals surface area (Å²) in [6, 6.07) is 0. The van der Waals surface area contributed by atoms with Gasteiger partial charge in [-0.3, -0.25) is 10.1 Å². The van der Waals surface area contributed by atoms with Crippen molar-refractivity contribution in [3.8, 4) is 0 Å². The summed E-state index contributed by atoms with van der Waals surface area (Å²) < 4.78 is 10.1. The lowest BCUT2D eigenvalue weighted by atomic mass is 10.1.